The maximum Gasteiger partial charge on any atom is 0.266 e. The third kappa shape index (κ3) is 5.18. The molecule has 9 heteroatoms. The normalized spacial score (nSPS) is 10.9. The summed E-state index contributed by atoms with van der Waals surface area (Å²) in [5.41, 5.74) is 1.44. The largest absolute Gasteiger partial charge is 0.497 e. The average molecular weight is 484 g/mol. The van der Waals surface area contributed by atoms with Gasteiger partial charge in [0.1, 0.15) is 11.6 Å². The lowest BCUT2D eigenvalue weighted by atomic mass is 10.2. The Hall–Kier alpha value is -3.36. The molecule has 1 aromatic heterocycles. The molecule has 0 saturated carbocycles. The highest BCUT2D eigenvalue weighted by molar-refractivity contribution is 7.99. The Morgan fingerprint density at radius 3 is 2.76 bits per heavy atom. The van der Waals surface area contributed by atoms with Crippen LogP contribution in [-0.4, -0.2) is 28.3 Å². The molecule has 0 aliphatic carbocycles. The summed E-state index contributed by atoms with van der Waals surface area (Å²) in [6.07, 6.45) is 0. The van der Waals surface area contributed by atoms with Crippen LogP contribution in [0.25, 0.3) is 16.6 Å². The summed E-state index contributed by atoms with van der Waals surface area (Å²) in [6.45, 7) is 0.335. The van der Waals surface area contributed by atoms with Gasteiger partial charge in [-0.3, -0.25) is 14.2 Å². The van der Waals surface area contributed by atoms with E-state index in [4.69, 9.17) is 16.3 Å². The topological polar surface area (TPSA) is 73.2 Å². The lowest BCUT2D eigenvalue weighted by molar-refractivity contribution is -0.118. The molecule has 0 saturated heterocycles. The van der Waals surface area contributed by atoms with E-state index in [2.05, 4.69) is 10.3 Å². The van der Waals surface area contributed by atoms with Gasteiger partial charge in [-0.15, -0.1) is 0 Å². The number of para-hydroxylation sites is 1. The van der Waals surface area contributed by atoms with Gasteiger partial charge in [-0.25, -0.2) is 9.37 Å². The van der Waals surface area contributed by atoms with Gasteiger partial charge in [0.15, 0.2) is 5.16 Å². The minimum Gasteiger partial charge on any atom is -0.497 e. The summed E-state index contributed by atoms with van der Waals surface area (Å²) in [5, 5.41) is 3.45. The molecule has 3 aromatic carbocycles. The molecular weight excluding hydrogens is 465 g/mol. The van der Waals surface area contributed by atoms with E-state index < -0.39 is 5.82 Å². The van der Waals surface area contributed by atoms with Gasteiger partial charge in [0, 0.05) is 6.54 Å². The van der Waals surface area contributed by atoms with Crippen molar-refractivity contribution in [2.24, 2.45) is 0 Å². The fourth-order valence-corrected chi connectivity index (χ4v) is 4.24. The van der Waals surface area contributed by atoms with Gasteiger partial charge in [-0.1, -0.05) is 47.6 Å². The molecular formula is C24H19ClFN3O3S. The summed E-state index contributed by atoms with van der Waals surface area (Å²) in [6, 6.07) is 18.3. The van der Waals surface area contributed by atoms with Crippen LogP contribution in [0, 0.1) is 5.82 Å². The number of aromatic nitrogens is 2. The van der Waals surface area contributed by atoms with Crippen molar-refractivity contribution < 1.29 is 13.9 Å². The SMILES string of the molecule is COc1cccc(CNC(=O)CSc2nc3ccccc3c(=O)n2-c2ccc(F)c(Cl)c2)c1. The van der Waals surface area contributed by atoms with Gasteiger partial charge in [-0.2, -0.15) is 0 Å². The van der Waals surface area contributed by atoms with E-state index in [1.54, 1.807) is 31.4 Å². The molecule has 1 amide bonds. The van der Waals surface area contributed by atoms with Gasteiger partial charge >= 0.3 is 0 Å². The van der Waals surface area contributed by atoms with Crippen LogP contribution in [0.5, 0.6) is 5.75 Å². The smallest absolute Gasteiger partial charge is 0.266 e. The highest BCUT2D eigenvalue weighted by Crippen LogP contribution is 2.24. The summed E-state index contributed by atoms with van der Waals surface area (Å²) < 4.78 is 20.2. The maximum atomic E-state index is 13.7. The second kappa shape index (κ2) is 10.1. The number of rotatable bonds is 7. The fourth-order valence-electron chi connectivity index (χ4n) is 3.23. The number of nitrogens with zero attached hydrogens (tertiary/aromatic N) is 2. The van der Waals surface area contributed by atoms with E-state index in [0.717, 1.165) is 17.3 Å². The fraction of sp³-hybridized carbons (Fsp3) is 0.125. The predicted octanol–water partition coefficient (Wildman–Crippen LogP) is 4.60. The number of amides is 1. The third-order valence-electron chi connectivity index (χ3n) is 4.86. The molecule has 0 atom stereocenters. The van der Waals surface area contributed by atoms with E-state index in [1.807, 2.05) is 24.3 Å². The highest BCUT2D eigenvalue weighted by atomic mass is 35.5. The van der Waals surface area contributed by atoms with Crippen LogP contribution in [0.3, 0.4) is 0 Å². The molecule has 4 rings (SSSR count). The van der Waals surface area contributed by atoms with Crippen molar-refractivity contribution in [2.75, 3.05) is 12.9 Å². The van der Waals surface area contributed by atoms with Crippen LogP contribution in [-0.2, 0) is 11.3 Å². The molecule has 6 nitrogen and oxygen atoms in total. The number of nitrogens with one attached hydrogen (secondary N) is 1. The molecule has 0 radical (unpaired) electrons. The van der Waals surface area contributed by atoms with Crippen molar-refractivity contribution in [3.8, 4) is 11.4 Å². The van der Waals surface area contributed by atoms with Gasteiger partial charge in [0.2, 0.25) is 5.91 Å². The first-order chi connectivity index (χ1) is 16.0. The average Bonchev–Trinajstić information content (AvgIpc) is 2.83. The molecule has 1 heterocycles. The molecule has 1 N–H and O–H groups in total. The molecule has 33 heavy (non-hydrogen) atoms. The first kappa shape index (κ1) is 22.8. The number of carbonyl (C=O) groups is 1. The van der Waals surface area contributed by atoms with E-state index in [9.17, 15) is 14.0 Å². The van der Waals surface area contributed by atoms with Crippen molar-refractivity contribution in [1.82, 2.24) is 14.9 Å². The number of ether oxygens (including phenoxy) is 1. The van der Waals surface area contributed by atoms with E-state index in [0.29, 0.717) is 34.0 Å². The molecule has 0 aliphatic heterocycles. The number of hydrogen-bond acceptors (Lipinski definition) is 5. The molecule has 4 aromatic rings. The van der Waals surface area contributed by atoms with Crippen LogP contribution in [0.4, 0.5) is 4.39 Å². The predicted molar refractivity (Wildman–Crippen MR) is 128 cm³/mol. The third-order valence-corrected chi connectivity index (χ3v) is 6.09. The van der Waals surface area contributed by atoms with Crippen molar-refractivity contribution >= 4 is 40.2 Å². The lowest BCUT2D eigenvalue weighted by Crippen LogP contribution is -2.26. The molecule has 168 valence electrons. The molecule has 0 unspecified atom stereocenters. The van der Waals surface area contributed by atoms with Crippen LogP contribution in [0.1, 0.15) is 5.56 Å². The number of thioether (sulfide) groups is 1. The van der Waals surface area contributed by atoms with Gasteiger partial charge in [0.05, 0.1) is 34.5 Å². The zero-order valence-electron chi connectivity index (χ0n) is 17.5. The zero-order valence-corrected chi connectivity index (χ0v) is 19.1. The summed E-state index contributed by atoms with van der Waals surface area (Å²) in [7, 11) is 1.58. The van der Waals surface area contributed by atoms with Crippen LogP contribution in [0.2, 0.25) is 5.02 Å². The second-order valence-electron chi connectivity index (χ2n) is 7.07. The first-order valence-electron chi connectivity index (χ1n) is 9.96. The quantitative estimate of drug-likeness (QED) is 0.307. The highest BCUT2D eigenvalue weighted by Gasteiger charge is 2.16. The Bertz CT molecular complexity index is 1390. The summed E-state index contributed by atoms with van der Waals surface area (Å²) >= 11 is 7.05. The molecule has 0 bridgehead atoms. The van der Waals surface area contributed by atoms with Crippen molar-refractivity contribution in [2.45, 2.75) is 11.7 Å². The molecule has 0 spiro atoms. The number of halogens is 2. The minimum atomic E-state index is -0.590. The minimum absolute atomic E-state index is 0.0314. The van der Waals surface area contributed by atoms with Crippen molar-refractivity contribution in [1.29, 1.82) is 0 Å². The Labute approximate surface area is 198 Å². The van der Waals surface area contributed by atoms with Gasteiger partial charge < -0.3 is 10.1 Å². The number of carbonyl (C=O) groups excluding carboxylic acids is 1. The first-order valence-corrected chi connectivity index (χ1v) is 11.3. The Morgan fingerprint density at radius 2 is 1.97 bits per heavy atom. The van der Waals surface area contributed by atoms with Gasteiger partial charge in [-0.05, 0) is 48.0 Å². The number of fused-ring (bicyclic) bond motifs is 1. The Balaban J connectivity index is 1.59. The van der Waals surface area contributed by atoms with E-state index in [1.165, 1.54) is 22.8 Å². The molecule has 0 fully saturated rings. The van der Waals surface area contributed by atoms with Crippen molar-refractivity contribution in [3.63, 3.8) is 0 Å². The summed E-state index contributed by atoms with van der Waals surface area (Å²) in [5.74, 6) is -0.0790. The van der Waals surface area contributed by atoms with Gasteiger partial charge in [0.25, 0.3) is 5.56 Å². The second-order valence-corrected chi connectivity index (χ2v) is 8.42. The maximum absolute atomic E-state index is 13.7. The van der Waals surface area contributed by atoms with Crippen molar-refractivity contribution in [3.05, 3.63) is 93.5 Å². The van der Waals surface area contributed by atoms with E-state index in [-0.39, 0.29) is 22.2 Å². The number of hydrogen-bond donors (Lipinski definition) is 1. The molecule has 0 aliphatic rings. The Kier molecular flexibility index (Phi) is 6.96. The van der Waals surface area contributed by atoms with Crippen LogP contribution in [0.15, 0.2) is 76.7 Å². The zero-order chi connectivity index (χ0) is 23.4. The summed E-state index contributed by atoms with van der Waals surface area (Å²) in [4.78, 5) is 30.3. The van der Waals surface area contributed by atoms with Crippen LogP contribution < -0.4 is 15.6 Å². The Morgan fingerprint density at radius 1 is 1.15 bits per heavy atom. The number of methoxy groups -OCH3 is 1. The number of benzene rings is 3. The lowest BCUT2D eigenvalue weighted by Gasteiger charge is -2.14. The van der Waals surface area contributed by atoms with E-state index >= 15 is 0 Å². The van der Waals surface area contributed by atoms with Crippen LogP contribution >= 0.6 is 23.4 Å². The monoisotopic (exact) mass is 483 g/mol. The standard InChI is InChI=1S/C24H19ClFN3O3S/c1-32-17-6-4-5-15(11-17)13-27-22(30)14-33-24-28-21-8-3-2-7-18(21)23(31)29(24)16-9-10-20(26)19(25)12-16/h2-12H,13-14H2,1H3,(H,27,30).